The van der Waals surface area contributed by atoms with E-state index in [0.29, 0.717) is 11.4 Å². The second kappa shape index (κ2) is 7.17. The molecule has 0 spiro atoms. The number of benzene rings is 1. The first-order valence-electron chi connectivity index (χ1n) is 10.0. The zero-order valence-corrected chi connectivity index (χ0v) is 16.5. The first kappa shape index (κ1) is 17.6. The predicted molar refractivity (Wildman–Crippen MR) is 109 cm³/mol. The summed E-state index contributed by atoms with van der Waals surface area (Å²) in [5, 5.41) is 0.726. The highest BCUT2D eigenvalue weighted by molar-refractivity contribution is 7.18. The number of aromatic nitrogens is 2. The number of nitrogens with one attached hydrogen (secondary N) is 1. The molecular weight excluding hydrogens is 372 g/mol. The third kappa shape index (κ3) is 3.15. The van der Waals surface area contributed by atoms with Crippen LogP contribution in [0.4, 0.5) is 0 Å². The van der Waals surface area contributed by atoms with Crippen molar-refractivity contribution in [2.45, 2.75) is 58.0 Å². The first-order valence-corrected chi connectivity index (χ1v) is 10.8. The quantitative estimate of drug-likeness (QED) is 0.679. The number of hydrogen-bond donors (Lipinski definition) is 1. The molecule has 0 atom stereocenters. The predicted octanol–water partition coefficient (Wildman–Crippen LogP) is 4.10. The molecule has 2 aromatic heterocycles. The maximum Gasteiger partial charge on any atom is 0.338 e. The second-order valence-corrected chi connectivity index (χ2v) is 8.75. The van der Waals surface area contributed by atoms with E-state index in [0.717, 1.165) is 47.9 Å². The molecule has 1 N–H and O–H groups in total. The Labute approximate surface area is 166 Å². The summed E-state index contributed by atoms with van der Waals surface area (Å²) in [6.45, 7) is -0.0241. The number of aromatic amines is 1. The number of hydrogen-bond acceptors (Lipinski definition) is 5. The molecule has 144 valence electrons. The zero-order chi connectivity index (χ0) is 19.1. The first-order chi connectivity index (χ1) is 13.7. The molecule has 6 heteroatoms. The van der Waals surface area contributed by atoms with Gasteiger partial charge in [-0.15, -0.1) is 11.3 Å². The molecule has 0 saturated carbocycles. The molecule has 2 heterocycles. The van der Waals surface area contributed by atoms with Gasteiger partial charge < -0.3 is 9.72 Å². The van der Waals surface area contributed by atoms with Crippen LogP contribution in [0.3, 0.4) is 0 Å². The van der Waals surface area contributed by atoms with E-state index in [-0.39, 0.29) is 18.1 Å². The highest BCUT2D eigenvalue weighted by Crippen LogP contribution is 2.33. The molecule has 28 heavy (non-hydrogen) atoms. The lowest BCUT2D eigenvalue weighted by atomic mass is 9.90. The average molecular weight is 394 g/mol. The second-order valence-electron chi connectivity index (χ2n) is 7.67. The van der Waals surface area contributed by atoms with Gasteiger partial charge in [-0.05, 0) is 80.2 Å². The fraction of sp³-hybridized carbons (Fsp3) is 0.409. The number of aryl methyl sites for hydroxylation is 4. The molecule has 1 aromatic carbocycles. The Morgan fingerprint density at radius 1 is 1.07 bits per heavy atom. The van der Waals surface area contributed by atoms with Crippen molar-refractivity contribution < 1.29 is 9.53 Å². The summed E-state index contributed by atoms with van der Waals surface area (Å²) < 4.78 is 5.44. The molecule has 0 fully saturated rings. The Bertz CT molecular complexity index is 1130. The van der Waals surface area contributed by atoms with E-state index in [4.69, 9.17) is 4.74 Å². The lowest BCUT2D eigenvalue weighted by Gasteiger charge is -2.16. The Balaban J connectivity index is 1.36. The van der Waals surface area contributed by atoms with Crippen LogP contribution in [-0.2, 0) is 37.0 Å². The van der Waals surface area contributed by atoms with Crippen LogP contribution in [0, 0.1) is 0 Å². The maximum atomic E-state index is 12.6. The van der Waals surface area contributed by atoms with Gasteiger partial charge in [0.05, 0.1) is 10.9 Å². The van der Waals surface area contributed by atoms with Crippen molar-refractivity contribution in [3.05, 3.63) is 61.5 Å². The highest BCUT2D eigenvalue weighted by atomic mass is 32.1. The van der Waals surface area contributed by atoms with Crippen molar-refractivity contribution in [1.29, 1.82) is 0 Å². The Morgan fingerprint density at radius 2 is 1.86 bits per heavy atom. The molecule has 5 rings (SSSR count). The van der Waals surface area contributed by atoms with Gasteiger partial charge in [0.1, 0.15) is 17.3 Å². The minimum absolute atomic E-state index is 0.0241. The minimum atomic E-state index is -0.374. The van der Waals surface area contributed by atoms with Gasteiger partial charge in [0, 0.05) is 4.88 Å². The third-order valence-electron chi connectivity index (χ3n) is 5.80. The maximum absolute atomic E-state index is 12.6. The summed E-state index contributed by atoms with van der Waals surface area (Å²) in [4.78, 5) is 34.5. The van der Waals surface area contributed by atoms with Gasteiger partial charge in [-0.2, -0.15) is 0 Å². The molecule has 5 nitrogen and oxygen atoms in total. The van der Waals surface area contributed by atoms with Gasteiger partial charge in [-0.25, -0.2) is 9.78 Å². The van der Waals surface area contributed by atoms with Crippen LogP contribution in [0.5, 0.6) is 0 Å². The fourth-order valence-corrected chi connectivity index (χ4v) is 5.64. The van der Waals surface area contributed by atoms with Crippen LogP contribution in [0.2, 0.25) is 0 Å². The van der Waals surface area contributed by atoms with Gasteiger partial charge in [-0.3, -0.25) is 4.79 Å². The van der Waals surface area contributed by atoms with E-state index >= 15 is 0 Å². The topological polar surface area (TPSA) is 72.0 Å². The molecule has 2 aliphatic rings. The number of carbonyl (C=O) groups is 1. The van der Waals surface area contributed by atoms with Crippen molar-refractivity contribution >= 4 is 27.5 Å². The van der Waals surface area contributed by atoms with Crippen LogP contribution in [0.1, 0.15) is 63.4 Å². The van der Waals surface area contributed by atoms with E-state index in [1.54, 1.807) is 11.3 Å². The number of nitrogens with zero attached hydrogens (tertiary/aromatic N) is 1. The van der Waals surface area contributed by atoms with E-state index < -0.39 is 0 Å². The largest absolute Gasteiger partial charge is 0.454 e. The number of ether oxygens (including phenoxy) is 1. The highest BCUT2D eigenvalue weighted by Gasteiger charge is 2.20. The Kier molecular flexibility index (Phi) is 4.51. The van der Waals surface area contributed by atoms with Crippen LogP contribution in [0.25, 0.3) is 10.2 Å². The number of fused-ring (bicyclic) bond motifs is 4. The summed E-state index contributed by atoms with van der Waals surface area (Å²) >= 11 is 1.60. The number of carbonyl (C=O) groups excluding carboxylic acids is 1. The molecule has 0 saturated heterocycles. The smallest absolute Gasteiger partial charge is 0.338 e. The van der Waals surface area contributed by atoms with Crippen molar-refractivity contribution in [2.75, 3.05) is 0 Å². The summed E-state index contributed by atoms with van der Waals surface area (Å²) in [5.41, 5.74) is 4.19. The lowest BCUT2D eigenvalue weighted by Crippen LogP contribution is -2.15. The lowest BCUT2D eigenvalue weighted by molar-refractivity contribution is 0.0462. The molecule has 0 bridgehead atoms. The zero-order valence-electron chi connectivity index (χ0n) is 15.7. The standard InChI is InChI=1S/C22H22N2O3S/c25-20-19-16-7-3-4-8-17(16)28-21(19)24-18(23-20)12-27-22(26)15-10-9-13-5-1-2-6-14(13)11-15/h9-11H,1-8,12H2,(H,23,24,25). The Morgan fingerprint density at radius 3 is 2.75 bits per heavy atom. The minimum Gasteiger partial charge on any atom is -0.454 e. The van der Waals surface area contributed by atoms with E-state index in [1.807, 2.05) is 18.2 Å². The number of thiophene rings is 1. The summed E-state index contributed by atoms with van der Waals surface area (Å²) in [7, 11) is 0. The average Bonchev–Trinajstić information content (AvgIpc) is 3.10. The van der Waals surface area contributed by atoms with Gasteiger partial charge >= 0.3 is 5.97 Å². The molecule has 0 unspecified atom stereocenters. The van der Waals surface area contributed by atoms with Gasteiger partial charge in [0.15, 0.2) is 0 Å². The molecule has 0 amide bonds. The number of esters is 1. The summed E-state index contributed by atoms with van der Waals surface area (Å²) in [6.07, 6.45) is 8.75. The van der Waals surface area contributed by atoms with Crippen molar-refractivity contribution in [2.24, 2.45) is 0 Å². The van der Waals surface area contributed by atoms with Crippen LogP contribution >= 0.6 is 11.3 Å². The Hall–Kier alpha value is -2.47. The molecular formula is C22H22N2O3S. The number of H-pyrrole nitrogens is 1. The molecule has 3 aromatic rings. The van der Waals surface area contributed by atoms with Crippen molar-refractivity contribution in [1.82, 2.24) is 9.97 Å². The third-order valence-corrected chi connectivity index (χ3v) is 6.98. The van der Waals surface area contributed by atoms with E-state index in [2.05, 4.69) is 9.97 Å². The molecule has 0 aliphatic heterocycles. The van der Waals surface area contributed by atoms with E-state index in [1.165, 1.54) is 35.3 Å². The summed E-state index contributed by atoms with van der Waals surface area (Å²) in [5.74, 6) is 0.0315. The van der Waals surface area contributed by atoms with Gasteiger partial charge in [0.2, 0.25) is 0 Å². The van der Waals surface area contributed by atoms with Crippen molar-refractivity contribution in [3.8, 4) is 0 Å². The van der Waals surface area contributed by atoms with Crippen molar-refractivity contribution in [3.63, 3.8) is 0 Å². The van der Waals surface area contributed by atoms with Gasteiger partial charge in [0.25, 0.3) is 5.56 Å². The van der Waals surface area contributed by atoms with E-state index in [9.17, 15) is 9.59 Å². The molecule has 0 radical (unpaired) electrons. The number of rotatable bonds is 3. The normalized spacial score (nSPS) is 15.9. The molecule has 2 aliphatic carbocycles. The van der Waals surface area contributed by atoms with Crippen LogP contribution in [-0.4, -0.2) is 15.9 Å². The van der Waals surface area contributed by atoms with Crippen LogP contribution in [0.15, 0.2) is 23.0 Å². The van der Waals surface area contributed by atoms with Gasteiger partial charge in [-0.1, -0.05) is 6.07 Å². The fourth-order valence-electron chi connectivity index (χ4n) is 4.35. The summed E-state index contributed by atoms with van der Waals surface area (Å²) in [6, 6.07) is 5.82. The monoisotopic (exact) mass is 394 g/mol. The SMILES string of the molecule is O=C(OCc1nc2sc3c(c2c(=O)[nH]1)CCCC3)c1ccc2c(c1)CCCC2. The van der Waals surface area contributed by atoms with Crippen LogP contribution < -0.4 is 5.56 Å².